The van der Waals surface area contributed by atoms with E-state index in [-0.39, 0.29) is 22.5 Å². The van der Waals surface area contributed by atoms with Crippen molar-refractivity contribution in [2.24, 2.45) is 0 Å². The number of likely N-dealkylation sites (N-methyl/N-ethyl adjacent to an activating group) is 1. The van der Waals surface area contributed by atoms with Crippen LogP contribution in [0.3, 0.4) is 0 Å². The quantitative estimate of drug-likeness (QED) is 0.863. The highest BCUT2D eigenvalue weighted by atomic mass is 35.5. The van der Waals surface area contributed by atoms with Gasteiger partial charge in [0.2, 0.25) is 0 Å². The third-order valence-electron chi connectivity index (χ3n) is 4.12. The Bertz CT molecular complexity index is 429. The second kappa shape index (κ2) is 6.21. The van der Waals surface area contributed by atoms with Crippen molar-refractivity contribution in [1.29, 1.82) is 0 Å². The molecule has 0 saturated heterocycles. The van der Waals surface area contributed by atoms with Crippen LogP contribution in [0.15, 0.2) is 18.2 Å². The number of hydrogen-bond acceptors (Lipinski definition) is 2. The summed E-state index contributed by atoms with van der Waals surface area (Å²) in [5.41, 5.74) is 0.864. The van der Waals surface area contributed by atoms with Crippen LogP contribution in [-0.2, 0) is 11.2 Å². The molecule has 19 heavy (non-hydrogen) atoms. The van der Waals surface area contributed by atoms with Gasteiger partial charge in [-0.1, -0.05) is 24.6 Å². The Kier molecular flexibility index (Phi) is 4.82. The fraction of sp³-hybridized carbons (Fsp3) is 0.600. The number of halogens is 2. The Hall–Kier alpha value is -0.640. The minimum absolute atomic E-state index is 0.0911. The zero-order chi connectivity index (χ0) is 13.9. The van der Waals surface area contributed by atoms with Crippen LogP contribution in [0.2, 0.25) is 5.02 Å². The number of methoxy groups -OCH3 is 1. The fourth-order valence-electron chi connectivity index (χ4n) is 2.81. The van der Waals surface area contributed by atoms with E-state index in [0.29, 0.717) is 0 Å². The van der Waals surface area contributed by atoms with E-state index in [1.54, 1.807) is 13.2 Å². The molecule has 1 fully saturated rings. The molecule has 1 saturated carbocycles. The molecule has 4 heteroatoms. The minimum atomic E-state index is -0.352. The number of rotatable bonds is 6. The Balaban J connectivity index is 2.13. The van der Waals surface area contributed by atoms with Crippen molar-refractivity contribution in [1.82, 2.24) is 5.32 Å². The van der Waals surface area contributed by atoms with Gasteiger partial charge in [-0.2, -0.15) is 0 Å². The minimum Gasteiger partial charge on any atom is -0.377 e. The van der Waals surface area contributed by atoms with E-state index in [1.807, 2.05) is 6.07 Å². The van der Waals surface area contributed by atoms with E-state index in [4.69, 9.17) is 16.3 Å². The third-order valence-corrected chi connectivity index (χ3v) is 4.42. The second-order valence-electron chi connectivity index (χ2n) is 5.19. The maximum Gasteiger partial charge on any atom is 0.142 e. The fourth-order valence-corrected chi connectivity index (χ4v) is 2.93. The highest BCUT2D eigenvalue weighted by molar-refractivity contribution is 6.30. The van der Waals surface area contributed by atoms with Crippen LogP contribution in [0, 0.1) is 5.82 Å². The van der Waals surface area contributed by atoms with Crippen LogP contribution in [0.25, 0.3) is 0 Å². The first-order valence-electron chi connectivity index (χ1n) is 6.84. The Labute approximate surface area is 119 Å². The first kappa shape index (κ1) is 14.8. The van der Waals surface area contributed by atoms with E-state index >= 15 is 0 Å². The maximum absolute atomic E-state index is 13.5. The molecular weight excluding hydrogens is 265 g/mol. The summed E-state index contributed by atoms with van der Waals surface area (Å²) in [6, 6.07) is 5.25. The van der Waals surface area contributed by atoms with Crippen LogP contribution in [-0.4, -0.2) is 25.3 Å². The number of benzene rings is 1. The predicted octanol–water partition coefficient (Wildman–Crippen LogP) is 3.57. The SMILES string of the molecule is CCNC(Cc1ccc(Cl)c(F)c1)C1(OC)CCC1. The highest BCUT2D eigenvalue weighted by Crippen LogP contribution is 2.39. The molecule has 106 valence electrons. The monoisotopic (exact) mass is 285 g/mol. The molecule has 1 aliphatic carbocycles. The van der Waals surface area contributed by atoms with Gasteiger partial charge in [-0.05, 0) is 49.9 Å². The highest BCUT2D eigenvalue weighted by Gasteiger charge is 2.43. The van der Waals surface area contributed by atoms with E-state index in [0.717, 1.165) is 31.4 Å². The summed E-state index contributed by atoms with van der Waals surface area (Å²) in [5, 5.41) is 3.65. The molecule has 0 aromatic heterocycles. The number of ether oxygens (including phenoxy) is 1. The van der Waals surface area contributed by atoms with Crippen molar-refractivity contribution < 1.29 is 9.13 Å². The smallest absolute Gasteiger partial charge is 0.142 e. The van der Waals surface area contributed by atoms with Gasteiger partial charge >= 0.3 is 0 Å². The van der Waals surface area contributed by atoms with E-state index in [1.165, 1.54) is 12.5 Å². The van der Waals surface area contributed by atoms with Crippen LogP contribution in [0.4, 0.5) is 4.39 Å². The number of nitrogens with one attached hydrogen (secondary N) is 1. The van der Waals surface area contributed by atoms with Gasteiger partial charge < -0.3 is 10.1 Å². The molecule has 2 nitrogen and oxygen atoms in total. The molecule has 0 spiro atoms. The summed E-state index contributed by atoms with van der Waals surface area (Å²) in [6.45, 7) is 2.96. The largest absolute Gasteiger partial charge is 0.377 e. The van der Waals surface area contributed by atoms with Gasteiger partial charge in [0.25, 0.3) is 0 Å². The first-order valence-corrected chi connectivity index (χ1v) is 7.21. The van der Waals surface area contributed by atoms with E-state index in [2.05, 4.69) is 12.2 Å². The van der Waals surface area contributed by atoms with Gasteiger partial charge in [-0.3, -0.25) is 0 Å². The van der Waals surface area contributed by atoms with Gasteiger partial charge in [-0.15, -0.1) is 0 Å². The molecule has 1 unspecified atom stereocenters. The van der Waals surface area contributed by atoms with Gasteiger partial charge in [-0.25, -0.2) is 4.39 Å². The lowest BCUT2D eigenvalue weighted by molar-refractivity contribution is -0.0978. The molecule has 0 radical (unpaired) electrons. The van der Waals surface area contributed by atoms with E-state index < -0.39 is 0 Å². The lowest BCUT2D eigenvalue weighted by atomic mass is 9.72. The van der Waals surface area contributed by atoms with E-state index in [9.17, 15) is 4.39 Å². The molecular formula is C15H21ClFNO. The van der Waals surface area contributed by atoms with Crippen molar-refractivity contribution >= 4 is 11.6 Å². The molecule has 1 N–H and O–H groups in total. The van der Waals surface area contributed by atoms with Crippen LogP contribution in [0.5, 0.6) is 0 Å². The Morgan fingerprint density at radius 3 is 2.68 bits per heavy atom. The average molecular weight is 286 g/mol. The molecule has 0 amide bonds. The Morgan fingerprint density at radius 2 is 2.21 bits per heavy atom. The summed E-state index contributed by atoms with van der Waals surface area (Å²) in [4.78, 5) is 0. The molecule has 1 aromatic rings. The average Bonchev–Trinajstić information content (AvgIpc) is 2.33. The lowest BCUT2D eigenvalue weighted by Gasteiger charge is -2.47. The maximum atomic E-state index is 13.5. The van der Waals surface area contributed by atoms with Crippen LogP contribution >= 0.6 is 11.6 Å². The zero-order valence-corrected chi connectivity index (χ0v) is 12.3. The predicted molar refractivity (Wildman–Crippen MR) is 76.2 cm³/mol. The van der Waals surface area contributed by atoms with Gasteiger partial charge in [0.1, 0.15) is 5.82 Å². The van der Waals surface area contributed by atoms with Gasteiger partial charge in [0.15, 0.2) is 0 Å². The van der Waals surface area contributed by atoms with Crippen LogP contribution in [0.1, 0.15) is 31.7 Å². The third kappa shape index (κ3) is 3.10. The molecule has 1 aliphatic rings. The summed E-state index contributed by atoms with van der Waals surface area (Å²) >= 11 is 5.72. The zero-order valence-electron chi connectivity index (χ0n) is 11.5. The normalized spacial score (nSPS) is 18.9. The van der Waals surface area contributed by atoms with Crippen molar-refractivity contribution in [2.45, 2.75) is 44.2 Å². The molecule has 2 rings (SSSR count). The van der Waals surface area contributed by atoms with Crippen molar-refractivity contribution in [3.05, 3.63) is 34.6 Å². The molecule has 0 aliphatic heterocycles. The Morgan fingerprint density at radius 1 is 1.47 bits per heavy atom. The summed E-state index contributed by atoms with van der Waals surface area (Å²) < 4.78 is 19.2. The van der Waals surface area contributed by atoms with Crippen molar-refractivity contribution in [2.75, 3.05) is 13.7 Å². The van der Waals surface area contributed by atoms with Crippen molar-refractivity contribution in [3.63, 3.8) is 0 Å². The molecule has 0 bridgehead atoms. The molecule has 0 heterocycles. The van der Waals surface area contributed by atoms with Crippen LogP contribution < -0.4 is 5.32 Å². The van der Waals surface area contributed by atoms with Gasteiger partial charge in [0, 0.05) is 13.2 Å². The lowest BCUT2D eigenvalue weighted by Crippen LogP contribution is -2.57. The first-order chi connectivity index (χ1) is 9.11. The molecule has 1 atom stereocenters. The summed E-state index contributed by atoms with van der Waals surface area (Å²) in [5.74, 6) is -0.352. The summed E-state index contributed by atoms with van der Waals surface area (Å²) in [7, 11) is 1.77. The molecule has 1 aromatic carbocycles. The summed E-state index contributed by atoms with van der Waals surface area (Å²) in [6.07, 6.45) is 4.09. The number of hydrogen-bond donors (Lipinski definition) is 1. The van der Waals surface area contributed by atoms with Crippen molar-refractivity contribution in [3.8, 4) is 0 Å². The standard InChI is InChI=1S/C15H21ClFNO/c1-3-18-14(15(19-2)7-4-8-15)10-11-5-6-12(16)13(17)9-11/h5-6,9,14,18H,3-4,7-8,10H2,1-2H3. The topological polar surface area (TPSA) is 21.3 Å². The van der Waals surface area contributed by atoms with Gasteiger partial charge in [0.05, 0.1) is 10.6 Å². The second-order valence-corrected chi connectivity index (χ2v) is 5.59.